The highest BCUT2D eigenvalue weighted by atomic mass is 35.6. The summed E-state index contributed by atoms with van der Waals surface area (Å²) in [6, 6.07) is -0.858. The molecule has 0 aromatic heterocycles. The third-order valence-electron chi connectivity index (χ3n) is 5.79. The third kappa shape index (κ3) is 10.9. The molecule has 5 atom stereocenters. The van der Waals surface area contributed by atoms with E-state index >= 15 is 0 Å². The predicted molar refractivity (Wildman–Crippen MR) is 129 cm³/mol. The van der Waals surface area contributed by atoms with Gasteiger partial charge in [-0.25, -0.2) is 14.4 Å². The van der Waals surface area contributed by atoms with Crippen molar-refractivity contribution >= 4 is 59.0 Å². The molecule has 13 heteroatoms. The van der Waals surface area contributed by atoms with Gasteiger partial charge in [0.1, 0.15) is 24.9 Å². The lowest BCUT2D eigenvalue weighted by atomic mass is 9.81. The number of esters is 1. The van der Waals surface area contributed by atoms with Gasteiger partial charge in [0.15, 0.2) is 0 Å². The van der Waals surface area contributed by atoms with Gasteiger partial charge in [0.05, 0.1) is 5.92 Å². The van der Waals surface area contributed by atoms with Crippen LogP contribution in [0.25, 0.3) is 0 Å². The number of nitrogens with zero attached hydrogens (tertiary/aromatic N) is 1. The van der Waals surface area contributed by atoms with Crippen LogP contribution in [0.2, 0.25) is 0 Å². The number of aliphatic carboxylic acids is 1. The Morgan fingerprint density at radius 2 is 1.63 bits per heavy atom. The number of amides is 1. The number of carbonyl (C=O) groups excluding carboxylic acids is 2. The first kappa shape index (κ1) is 31.4. The minimum absolute atomic E-state index is 0.130. The first-order valence-corrected chi connectivity index (χ1v) is 12.4. The summed E-state index contributed by atoms with van der Waals surface area (Å²) >= 11 is 16.7. The number of hydrogen-bond acceptors (Lipinski definition) is 7. The normalized spacial score (nSPS) is 19.9. The molecular weight excluding hydrogens is 529 g/mol. The van der Waals surface area contributed by atoms with Crippen LogP contribution in [-0.2, 0) is 23.8 Å². The largest absolute Gasteiger partial charge is 0.508 e. The maximum Gasteiger partial charge on any atom is 0.508 e. The number of carboxylic acids is 1. The molecule has 1 rings (SSSR count). The summed E-state index contributed by atoms with van der Waals surface area (Å²) in [6.07, 6.45) is -2.58. The van der Waals surface area contributed by atoms with E-state index in [2.05, 4.69) is 0 Å². The summed E-state index contributed by atoms with van der Waals surface area (Å²) < 4.78 is 13.9. The summed E-state index contributed by atoms with van der Waals surface area (Å²) in [5, 5.41) is 18.8. The number of rotatable bonds is 10. The van der Waals surface area contributed by atoms with Crippen molar-refractivity contribution in [2.75, 3.05) is 13.2 Å². The second-order valence-corrected chi connectivity index (χ2v) is 12.5. The van der Waals surface area contributed by atoms with Crippen LogP contribution in [0.4, 0.5) is 9.59 Å². The standard InChI is InChI=1S/C22H34Cl3NO9/c1-12(9-15(13(2)17(27)28)34-20(32)33-11-22(23,24)25)10-16(21(3,4)5)35-18(29)14-7-6-8-26(14)19(30)31/h12-16H,6-11H2,1-5H3,(H,27,28)(H,30,31)/t12-,13-,14?,15-,16-/m0/s1. The van der Waals surface area contributed by atoms with Crippen molar-refractivity contribution in [3.63, 3.8) is 0 Å². The summed E-state index contributed by atoms with van der Waals surface area (Å²) in [5.41, 5.74) is -0.491. The molecule has 0 aromatic rings. The first-order valence-electron chi connectivity index (χ1n) is 11.2. The fourth-order valence-electron chi connectivity index (χ4n) is 3.71. The lowest BCUT2D eigenvalue weighted by Gasteiger charge is -2.34. The Morgan fingerprint density at radius 1 is 1.03 bits per heavy atom. The van der Waals surface area contributed by atoms with Gasteiger partial charge in [-0.1, -0.05) is 62.5 Å². The van der Waals surface area contributed by atoms with Crippen molar-refractivity contribution in [2.45, 2.75) is 82.3 Å². The summed E-state index contributed by atoms with van der Waals surface area (Å²) in [7, 11) is 0. The SMILES string of the molecule is C[C@@H](C[C@H](OC(=O)OCC(Cl)(Cl)Cl)[C@H](C)C(=O)O)C[C@H](OC(=O)C1CCCN1C(=O)O)C(C)(C)C. The van der Waals surface area contributed by atoms with Crippen LogP contribution in [0.3, 0.4) is 0 Å². The second-order valence-electron chi connectivity index (χ2n) is 9.94. The van der Waals surface area contributed by atoms with Crippen LogP contribution in [0.1, 0.15) is 60.3 Å². The molecule has 2 N–H and O–H groups in total. The van der Waals surface area contributed by atoms with Gasteiger partial charge in [-0.05, 0) is 43.9 Å². The van der Waals surface area contributed by atoms with Gasteiger partial charge in [0.25, 0.3) is 0 Å². The topological polar surface area (TPSA) is 140 Å². The molecule has 1 heterocycles. The van der Waals surface area contributed by atoms with Crippen LogP contribution in [0, 0.1) is 17.3 Å². The molecule has 0 bridgehead atoms. The van der Waals surface area contributed by atoms with Gasteiger partial charge < -0.3 is 24.4 Å². The first-order chi connectivity index (χ1) is 15.9. The van der Waals surface area contributed by atoms with Crippen LogP contribution < -0.4 is 0 Å². The molecule has 202 valence electrons. The molecule has 0 spiro atoms. The molecule has 1 amide bonds. The number of likely N-dealkylation sites (tertiary alicyclic amines) is 1. The van der Waals surface area contributed by atoms with Crippen molar-refractivity contribution in [1.82, 2.24) is 4.90 Å². The van der Waals surface area contributed by atoms with E-state index in [9.17, 15) is 29.4 Å². The molecule has 0 aromatic carbocycles. The number of halogens is 3. The number of hydrogen-bond donors (Lipinski definition) is 2. The minimum Gasteiger partial charge on any atom is -0.481 e. The molecule has 35 heavy (non-hydrogen) atoms. The fraction of sp³-hybridized carbons (Fsp3) is 0.818. The second kappa shape index (κ2) is 13.1. The van der Waals surface area contributed by atoms with Crippen molar-refractivity contribution in [1.29, 1.82) is 0 Å². The van der Waals surface area contributed by atoms with Gasteiger partial charge in [0, 0.05) is 6.54 Å². The maximum atomic E-state index is 12.8. The van der Waals surface area contributed by atoms with Crippen molar-refractivity contribution in [2.24, 2.45) is 17.3 Å². The highest BCUT2D eigenvalue weighted by Crippen LogP contribution is 2.32. The lowest BCUT2D eigenvalue weighted by molar-refractivity contribution is -0.161. The Balaban J connectivity index is 2.88. The average molecular weight is 563 g/mol. The number of carbonyl (C=O) groups is 4. The van der Waals surface area contributed by atoms with Gasteiger partial charge in [0.2, 0.25) is 3.79 Å². The van der Waals surface area contributed by atoms with E-state index in [0.717, 1.165) is 4.90 Å². The van der Waals surface area contributed by atoms with E-state index in [-0.39, 0.29) is 18.9 Å². The van der Waals surface area contributed by atoms with E-state index in [1.165, 1.54) is 6.92 Å². The van der Waals surface area contributed by atoms with Gasteiger partial charge >= 0.3 is 24.2 Å². The maximum absolute atomic E-state index is 12.8. The lowest BCUT2D eigenvalue weighted by Crippen LogP contribution is -2.44. The third-order valence-corrected chi connectivity index (χ3v) is 6.12. The number of ether oxygens (including phenoxy) is 3. The quantitative estimate of drug-likeness (QED) is 0.274. The predicted octanol–water partition coefficient (Wildman–Crippen LogP) is 5.12. The van der Waals surface area contributed by atoms with Crippen molar-refractivity contribution < 1.29 is 43.6 Å². The van der Waals surface area contributed by atoms with E-state index in [1.54, 1.807) is 0 Å². The highest BCUT2D eigenvalue weighted by Gasteiger charge is 2.39. The molecule has 0 saturated carbocycles. The zero-order valence-corrected chi connectivity index (χ0v) is 22.7. The molecular formula is C22H34Cl3NO9. The molecule has 0 radical (unpaired) electrons. The summed E-state index contributed by atoms with van der Waals surface area (Å²) in [6.45, 7) is 8.53. The van der Waals surface area contributed by atoms with E-state index in [0.29, 0.717) is 19.3 Å². The number of alkyl halides is 3. The monoisotopic (exact) mass is 561 g/mol. The molecule has 1 fully saturated rings. The zero-order chi connectivity index (χ0) is 27.1. The zero-order valence-electron chi connectivity index (χ0n) is 20.5. The van der Waals surface area contributed by atoms with E-state index in [1.807, 2.05) is 27.7 Å². The van der Waals surface area contributed by atoms with Gasteiger partial charge in [-0.15, -0.1) is 0 Å². The summed E-state index contributed by atoms with van der Waals surface area (Å²) in [4.78, 5) is 48.9. The van der Waals surface area contributed by atoms with Gasteiger partial charge in [-0.2, -0.15) is 0 Å². The molecule has 1 aliphatic rings. The number of carboxylic acid groups (broad SMARTS) is 2. The summed E-state index contributed by atoms with van der Waals surface area (Å²) in [5.74, 6) is -3.10. The fourth-order valence-corrected chi connectivity index (χ4v) is 3.87. The Kier molecular flexibility index (Phi) is 11.7. The van der Waals surface area contributed by atoms with E-state index < -0.39 is 64.2 Å². The molecule has 1 unspecified atom stereocenters. The van der Waals surface area contributed by atoms with Gasteiger partial charge in [-0.3, -0.25) is 9.69 Å². The van der Waals surface area contributed by atoms with Crippen molar-refractivity contribution in [3.05, 3.63) is 0 Å². The minimum atomic E-state index is -1.85. The van der Waals surface area contributed by atoms with Crippen LogP contribution >= 0.6 is 34.8 Å². The van der Waals surface area contributed by atoms with Crippen LogP contribution in [0.5, 0.6) is 0 Å². The van der Waals surface area contributed by atoms with Crippen LogP contribution in [-0.4, -0.2) is 74.5 Å². The molecule has 1 saturated heterocycles. The van der Waals surface area contributed by atoms with Crippen molar-refractivity contribution in [3.8, 4) is 0 Å². The molecule has 10 nitrogen and oxygen atoms in total. The molecule has 1 aliphatic heterocycles. The van der Waals surface area contributed by atoms with Crippen LogP contribution in [0.15, 0.2) is 0 Å². The smallest absolute Gasteiger partial charge is 0.481 e. The Hall–Kier alpha value is -1.65. The Labute approximate surface area is 220 Å². The van der Waals surface area contributed by atoms with E-state index in [4.69, 9.17) is 49.0 Å². The average Bonchev–Trinajstić information content (AvgIpc) is 3.19. The molecule has 0 aliphatic carbocycles. The Bertz CT molecular complexity index is 766. The Morgan fingerprint density at radius 3 is 2.11 bits per heavy atom. The highest BCUT2D eigenvalue weighted by molar-refractivity contribution is 6.67.